The third-order valence-corrected chi connectivity index (χ3v) is 2.61. The second-order valence-electron chi connectivity index (χ2n) is 3.79. The maximum atomic E-state index is 11.6. The van der Waals surface area contributed by atoms with Gasteiger partial charge in [0, 0.05) is 10.6 Å². The van der Waals surface area contributed by atoms with Gasteiger partial charge in [0.15, 0.2) is 6.10 Å². The number of methoxy groups -OCH3 is 1. The molecular weight excluding hydrogens is 274 g/mol. The summed E-state index contributed by atoms with van der Waals surface area (Å²) in [5, 5.41) is 20.3. The molecule has 1 amide bonds. The first-order valence-corrected chi connectivity index (χ1v) is 5.81. The van der Waals surface area contributed by atoms with Gasteiger partial charge < -0.3 is 20.3 Å². The maximum absolute atomic E-state index is 11.6. The molecule has 1 rings (SSSR count). The molecule has 0 radical (unpaired) electrons. The van der Waals surface area contributed by atoms with Gasteiger partial charge in [0.25, 0.3) is 0 Å². The lowest BCUT2D eigenvalue weighted by Gasteiger charge is -2.10. The van der Waals surface area contributed by atoms with Crippen LogP contribution in [0.2, 0.25) is 5.02 Å². The number of carboxylic acid groups (broad SMARTS) is 1. The van der Waals surface area contributed by atoms with E-state index in [0.29, 0.717) is 16.3 Å². The monoisotopic (exact) mass is 287 g/mol. The fourth-order valence-electron chi connectivity index (χ4n) is 1.42. The van der Waals surface area contributed by atoms with E-state index in [0.717, 1.165) is 0 Å². The molecule has 0 unspecified atom stereocenters. The van der Waals surface area contributed by atoms with Crippen molar-refractivity contribution < 1.29 is 24.5 Å². The molecule has 19 heavy (non-hydrogen) atoms. The molecular formula is C12H14ClNO5. The standard InChI is InChI=1S/C12H14ClNO5/c1-19-10-3-2-8(13)4-7(10)5-11(16)14-6-9(15)12(17)18/h2-4,9,15H,5-6H2,1H3,(H,14,16)(H,17,18)/t9-/m0/s1. The zero-order valence-corrected chi connectivity index (χ0v) is 11.0. The van der Waals surface area contributed by atoms with E-state index in [2.05, 4.69) is 5.32 Å². The van der Waals surface area contributed by atoms with Crippen LogP contribution in [0.5, 0.6) is 5.75 Å². The minimum absolute atomic E-state index is 0.0178. The number of carboxylic acids is 1. The van der Waals surface area contributed by atoms with Gasteiger partial charge in [-0.1, -0.05) is 11.6 Å². The summed E-state index contributed by atoms with van der Waals surface area (Å²) in [6.07, 6.45) is -1.64. The number of aliphatic carboxylic acids is 1. The third-order valence-electron chi connectivity index (χ3n) is 2.37. The van der Waals surface area contributed by atoms with E-state index in [1.807, 2.05) is 0 Å². The highest BCUT2D eigenvalue weighted by Gasteiger charge is 2.15. The lowest BCUT2D eigenvalue weighted by Crippen LogP contribution is -2.37. The number of nitrogens with one attached hydrogen (secondary N) is 1. The summed E-state index contributed by atoms with van der Waals surface area (Å²) in [5.74, 6) is -1.31. The number of rotatable bonds is 6. The van der Waals surface area contributed by atoms with Gasteiger partial charge in [-0.3, -0.25) is 4.79 Å². The minimum atomic E-state index is -1.62. The molecule has 0 aliphatic carbocycles. The van der Waals surface area contributed by atoms with Crippen molar-refractivity contribution in [1.29, 1.82) is 0 Å². The van der Waals surface area contributed by atoms with Crippen molar-refractivity contribution in [1.82, 2.24) is 5.32 Å². The summed E-state index contributed by atoms with van der Waals surface area (Å²) < 4.78 is 5.08. The number of aliphatic hydroxyl groups excluding tert-OH is 1. The van der Waals surface area contributed by atoms with Crippen LogP contribution in [0.25, 0.3) is 0 Å². The molecule has 3 N–H and O–H groups in total. The highest BCUT2D eigenvalue weighted by Crippen LogP contribution is 2.22. The fraction of sp³-hybridized carbons (Fsp3) is 0.333. The molecule has 7 heteroatoms. The molecule has 0 spiro atoms. The van der Waals surface area contributed by atoms with Crippen molar-refractivity contribution in [3.05, 3.63) is 28.8 Å². The maximum Gasteiger partial charge on any atom is 0.334 e. The van der Waals surface area contributed by atoms with E-state index < -0.39 is 18.0 Å². The topological polar surface area (TPSA) is 95.9 Å². The number of carbonyl (C=O) groups excluding carboxylic acids is 1. The van der Waals surface area contributed by atoms with E-state index in [1.165, 1.54) is 7.11 Å². The summed E-state index contributed by atoms with van der Waals surface area (Å²) in [6.45, 7) is -0.350. The predicted octanol–water partition coefficient (Wildman–Crippen LogP) is 0.453. The Morgan fingerprint density at radius 3 is 2.74 bits per heavy atom. The first-order chi connectivity index (χ1) is 8.93. The zero-order chi connectivity index (χ0) is 14.4. The number of amides is 1. The summed E-state index contributed by atoms with van der Waals surface area (Å²) in [7, 11) is 1.47. The van der Waals surface area contributed by atoms with Crippen LogP contribution in [0, 0.1) is 0 Å². The van der Waals surface area contributed by atoms with E-state index in [4.69, 9.17) is 26.6 Å². The number of hydrogen-bond donors (Lipinski definition) is 3. The van der Waals surface area contributed by atoms with Gasteiger partial charge in [-0.15, -0.1) is 0 Å². The quantitative estimate of drug-likeness (QED) is 0.706. The first kappa shape index (κ1) is 15.3. The molecule has 1 atom stereocenters. The van der Waals surface area contributed by atoms with Crippen LogP contribution in [-0.4, -0.2) is 41.8 Å². The average molecular weight is 288 g/mol. The van der Waals surface area contributed by atoms with Crippen LogP contribution in [0.4, 0.5) is 0 Å². The smallest absolute Gasteiger partial charge is 0.334 e. The first-order valence-electron chi connectivity index (χ1n) is 5.44. The largest absolute Gasteiger partial charge is 0.496 e. The second-order valence-corrected chi connectivity index (χ2v) is 4.23. The minimum Gasteiger partial charge on any atom is -0.496 e. The van der Waals surface area contributed by atoms with Crippen LogP contribution in [-0.2, 0) is 16.0 Å². The summed E-state index contributed by atoms with van der Waals surface area (Å²) in [4.78, 5) is 22.0. The molecule has 1 aromatic carbocycles. The molecule has 104 valence electrons. The van der Waals surface area contributed by atoms with Crippen LogP contribution < -0.4 is 10.1 Å². The molecule has 0 aromatic heterocycles. The lowest BCUT2D eigenvalue weighted by molar-refractivity contribution is -0.146. The van der Waals surface area contributed by atoms with Crippen LogP contribution in [0.15, 0.2) is 18.2 Å². The van der Waals surface area contributed by atoms with Gasteiger partial charge in [-0.25, -0.2) is 4.79 Å². The number of aliphatic hydroxyl groups is 1. The van der Waals surface area contributed by atoms with E-state index in [1.54, 1.807) is 18.2 Å². The molecule has 0 heterocycles. The Morgan fingerprint density at radius 2 is 2.16 bits per heavy atom. The van der Waals surface area contributed by atoms with Crippen molar-refractivity contribution in [3.8, 4) is 5.75 Å². The molecule has 6 nitrogen and oxygen atoms in total. The van der Waals surface area contributed by atoms with Crippen molar-refractivity contribution in [2.24, 2.45) is 0 Å². The number of hydrogen-bond acceptors (Lipinski definition) is 4. The summed E-state index contributed by atoms with van der Waals surface area (Å²) >= 11 is 5.82. The van der Waals surface area contributed by atoms with Crippen LogP contribution in [0.3, 0.4) is 0 Å². The third kappa shape index (κ3) is 4.76. The number of halogens is 1. The molecule has 0 saturated carbocycles. The molecule has 1 aromatic rings. The molecule has 0 saturated heterocycles. The Balaban J connectivity index is 2.62. The summed E-state index contributed by atoms with van der Waals surface area (Å²) in [6, 6.07) is 4.86. The van der Waals surface area contributed by atoms with E-state index in [9.17, 15) is 9.59 Å². The molecule has 0 aliphatic rings. The SMILES string of the molecule is COc1ccc(Cl)cc1CC(=O)NC[C@H](O)C(=O)O. The van der Waals surface area contributed by atoms with Gasteiger partial charge in [0.2, 0.25) is 5.91 Å². The fourth-order valence-corrected chi connectivity index (χ4v) is 1.61. The van der Waals surface area contributed by atoms with Crippen LogP contribution in [0.1, 0.15) is 5.56 Å². The Hall–Kier alpha value is -1.79. The van der Waals surface area contributed by atoms with E-state index in [-0.39, 0.29) is 13.0 Å². The Bertz CT molecular complexity index is 477. The molecule has 0 aliphatic heterocycles. The number of carbonyl (C=O) groups is 2. The Kier molecular flexibility index (Phi) is 5.59. The van der Waals surface area contributed by atoms with Gasteiger partial charge in [0.1, 0.15) is 5.75 Å². The molecule has 0 fully saturated rings. The van der Waals surface area contributed by atoms with Crippen molar-refractivity contribution in [2.45, 2.75) is 12.5 Å². The lowest BCUT2D eigenvalue weighted by atomic mass is 10.1. The zero-order valence-electron chi connectivity index (χ0n) is 10.2. The van der Waals surface area contributed by atoms with Gasteiger partial charge in [-0.05, 0) is 18.2 Å². The normalized spacial score (nSPS) is 11.7. The van der Waals surface area contributed by atoms with Gasteiger partial charge >= 0.3 is 5.97 Å². The summed E-state index contributed by atoms with van der Waals surface area (Å²) in [5.41, 5.74) is 0.581. The number of benzene rings is 1. The Morgan fingerprint density at radius 1 is 1.47 bits per heavy atom. The van der Waals surface area contributed by atoms with Gasteiger partial charge in [0.05, 0.1) is 20.1 Å². The molecule has 0 bridgehead atoms. The number of ether oxygens (including phenoxy) is 1. The van der Waals surface area contributed by atoms with Crippen molar-refractivity contribution >= 4 is 23.5 Å². The second kappa shape index (κ2) is 6.96. The highest BCUT2D eigenvalue weighted by molar-refractivity contribution is 6.30. The average Bonchev–Trinajstić information content (AvgIpc) is 2.36. The predicted molar refractivity (Wildman–Crippen MR) is 68.4 cm³/mol. The van der Waals surface area contributed by atoms with Gasteiger partial charge in [-0.2, -0.15) is 0 Å². The van der Waals surface area contributed by atoms with Crippen molar-refractivity contribution in [3.63, 3.8) is 0 Å². The Labute approximate surface area is 114 Å². The highest BCUT2D eigenvalue weighted by atomic mass is 35.5. The van der Waals surface area contributed by atoms with Crippen molar-refractivity contribution in [2.75, 3.05) is 13.7 Å². The van der Waals surface area contributed by atoms with Crippen LogP contribution >= 0.6 is 11.6 Å². The van der Waals surface area contributed by atoms with E-state index >= 15 is 0 Å².